The average molecular weight is 310 g/mol. The maximum absolute atomic E-state index is 10.7. The molecule has 1 fully saturated rings. The van der Waals surface area contributed by atoms with E-state index >= 15 is 0 Å². The van der Waals surface area contributed by atoms with Crippen molar-refractivity contribution >= 4 is 17.6 Å². The van der Waals surface area contributed by atoms with Crippen LogP contribution < -0.4 is 4.74 Å². The second-order valence-electron chi connectivity index (χ2n) is 6.17. The zero-order valence-corrected chi connectivity index (χ0v) is 12.9. The quantitative estimate of drug-likeness (QED) is 0.933. The van der Waals surface area contributed by atoms with Crippen LogP contribution in [0.3, 0.4) is 0 Å². The zero-order valence-electron chi connectivity index (χ0n) is 12.2. The van der Waals surface area contributed by atoms with Crippen molar-refractivity contribution in [2.45, 2.75) is 38.2 Å². The molecule has 1 N–H and O–H groups in total. The summed E-state index contributed by atoms with van der Waals surface area (Å²) < 4.78 is 6.36. The first-order valence-electron chi connectivity index (χ1n) is 7.40. The van der Waals surface area contributed by atoms with Gasteiger partial charge in [0.25, 0.3) is 0 Å². The lowest BCUT2D eigenvalue weighted by atomic mass is 9.89. The van der Waals surface area contributed by atoms with E-state index in [-0.39, 0.29) is 12.0 Å². The van der Waals surface area contributed by atoms with E-state index in [9.17, 15) is 4.79 Å². The van der Waals surface area contributed by atoms with E-state index in [1.165, 1.54) is 5.56 Å². The summed E-state index contributed by atoms with van der Waals surface area (Å²) in [5, 5.41) is 9.56. The summed E-state index contributed by atoms with van der Waals surface area (Å²) in [5.74, 6) is 0.238. The van der Waals surface area contributed by atoms with Crippen LogP contribution in [0.25, 0.3) is 0 Å². The fraction of sp³-hybridized carbons (Fsp3) is 0.562. The summed E-state index contributed by atoms with van der Waals surface area (Å²) in [4.78, 5) is 12.9. The van der Waals surface area contributed by atoms with E-state index in [1.54, 1.807) is 0 Å². The Morgan fingerprint density at radius 2 is 2.29 bits per heavy atom. The molecule has 1 aromatic rings. The number of fused-ring (bicyclic) bond motifs is 1. The number of benzene rings is 1. The van der Waals surface area contributed by atoms with Crippen molar-refractivity contribution < 1.29 is 14.6 Å². The van der Waals surface area contributed by atoms with Gasteiger partial charge in [0.05, 0.1) is 6.42 Å². The summed E-state index contributed by atoms with van der Waals surface area (Å²) in [5.41, 5.74) is 2.12. The van der Waals surface area contributed by atoms with Gasteiger partial charge in [0.2, 0.25) is 0 Å². The predicted molar refractivity (Wildman–Crippen MR) is 81.2 cm³/mol. The minimum absolute atomic E-state index is 0.149. The van der Waals surface area contributed by atoms with Crippen LogP contribution in [0.1, 0.15) is 30.4 Å². The topological polar surface area (TPSA) is 49.8 Å². The number of rotatable bonds is 3. The molecule has 21 heavy (non-hydrogen) atoms. The lowest BCUT2D eigenvalue weighted by Crippen LogP contribution is -2.42. The number of carbonyl (C=O) groups is 1. The van der Waals surface area contributed by atoms with Gasteiger partial charge in [-0.25, -0.2) is 0 Å². The van der Waals surface area contributed by atoms with E-state index in [4.69, 9.17) is 21.4 Å². The Kier molecular flexibility index (Phi) is 3.84. The van der Waals surface area contributed by atoms with Crippen molar-refractivity contribution in [3.63, 3.8) is 0 Å². The summed E-state index contributed by atoms with van der Waals surface area (Å²) >= 11 is 6.11. The number of carboxylic acids is 1. The Labute approximate surface area is 129 Å². The summed E-state index contributed by atoms with van der Waals surface area (Å²) in [6.45, 7) is 4.37. The van der Waals surface area contributed by atoms with Crippen molar-refractivity contribution in [1.29, 1.82) is 0 Å². The molecule has 114 valence electrons. The van der Waals surface area contributed by atoms with Crippen LogP contribution in [0.4, 0.5) is 0 Å². The second-order valence-corrected chi connectivity index (χ2v) is 6.60. The van der Waals surface area contributed by atoms with Gasteiger partial charge >= 0.3 is 5.97 Å². The van der Waals surface area contributed by atoms with Crippen molar-refractivity contribution in [1.82, 2.24) is 4.90 Å². The monoisotopic (exact) mass is 309 g/mol. The van der Waals surface area contributed by atoms with E-state index in [0.717, 1.165) is 48.7 Å². The Balaban J connectivity index is 1.73. The third-order valence-electron chi connectivity index (χ3n) is 4.52. The Morgan fingerprint density at radius 3 is 3.05 bits per heavy atom. The predicted octanol–water partition coefficient (Wildman–Crippen LogP) is 2.89. The first-order chi connectivity index (χ1) is 9.97. The maximum atomic E-state index is 10.7. The highest BCUT2D eigenvalue weighted by atomic mass is 35.5. The molecular formula is C16H20ClNO3. The third kappa shape index (κ3) is 3.01. The third-order valence-corrected chi connectivity index (χ3v) is 4.74. The van der Waals surface area contributed by atoms with Gasteiger partial charge in [0.15, 0.2) is 0 Å². The molecule has 1 aromatic carbocycles. The van der Waals surface area contributed by atoms with Crippen molar-refractivity contribution in [2.75, 3.05) is 19.6 Å². The minimum Gasteiger partial charge on any atom is -0.485 e. The maximum Gasteiger partial charge on any atom is 0.304 e. The molecule has 1 spiro atoms. The van der Waals surface area contributed by atoms with Gasteiger partial charge in [-0.3, -0.25) is 9.69 Å². The smallest absolute Gasteiger partial charge is 0.304 e. The molecule has 0 amide bonds. The lowest BCUT2D eigenvalue weighted by molar-refractivity contribution is -0.137. The summed E-state index contributed by atoms with van der Waals surface area (Å²) in [7, 11) is 0. The van der Waals surface area contributed by atoms with Gasteiger partial charge in [-0.1, -0.05) is 11.6 Å². The van der Waals surface area contributed by atoms with Gasteiger partial charge in [0.1, 0.15) is 11.4 Å². The van der Waals surface area contributed by atoms with Crippen LogP contribution in [0.5, 0.6) is 5.75 Å². The molecule has 2 aliphatic rings. The highest BCUT2D eigenvalue weighted by Gasteiger charge is 2.42. The standard InChI is InChI=1S/C16H20ClNO3/c1-11-8-13(17)9-12-2-4-16(21-15(11)12)5-7-18(10-16)6-3-14(19)20/h8-9H,2-7,10H2,1H3,(H,19,20). The van der Waals surface area contributed by atoms with Crippen molar-refractivity contribution in [3.05, 3.63) is 28.3 Å². The fourth-order valence-electron chi connectivity index (χ4n) is 3.42. The van der Waals surface area contributed by atoms with Crippen LogP contribution in [-0.4, -0.2) is 41.2 Å². The Hall–Kier alpha value is -1.26. The molecule has 5 heteroatoms. The van der Waals surface area contributed by atoms with Gasteiger partial charge in [0, 0.05) is 31.1 Å². The Morgan fingerprint density at radius 1 is 1.48 bits per heavy atom. The normalized spacial score (nSPS) is 24.9. The average Bonchev–Trinajstić information content (AvgIpc) is 2.81. The molecule has 1 unspecified atom stereocenters. The van der Waals surface area contributed by atoms with Crippen LogP contribution in [0.2, 0.25) is 5.02 Å². The van der Waals surface area contributed by atoms with Gasteiger partial charge in [-0.05, 0) is 43.0 Å². The van der Waals surface area contributed by atoms with Crippen molar-refractivity contribution in [2.24, 2.45) is 0 Å². The van der Waals surface area contributed by atoms with E-state index < -0.39 is 5.97 Å². The summed E-state index contributed by atoms with van der Waals surface area (Å²) in [6, 6.07) is 3.93. The number of ether oxygens (including phenoxy) is 1. The number of hydrogen-bond acceptors (Lipinski definition) is 3. The van der Waals surface area contributed by atoms with E-state index in [2.05, 4.69) is 4.90 Å². The molecule has 0 aromatic heterocycles. The first-order valence-corrected chi connectivity index (χ1v) is 7.77. The second kappa shape index (κ2) is 5.50. The molecule has 0 bridgehead atoms. The molecule has 1 atom stereocenters. The number of halogens is 1. The molecule has 1 saturated heterocycles. The zero-order chi connectivity index (χ0) is 15.0. The highest BCUT2D eigenvalue weighted by molar-refractivity contribution is 6.30. The number of carboxylic acid groups (broad SMARTS) is 1. The van der Waals surface area contributed by atoms with Gasteiger partial charge < -0.3 is 9.84 Å². The summed E-state index contributed by atoms with van der Waals surface area (Å²) in [6.07, 6.45) is 3.11. The van der Waals surface area contributed by atoms with Gasteiger partial charge in [-0.15, -0.1) is 0 Å². The van der Waals surface area contributed by atoms with E-state index in [1.807, 2.05) is 19.1 Å². The van der Waals surface area contributed by atoms with Gasteiger partial charge in [-0.2, -0.15) is 0 Å². The largest absolute Gasteiger partial charge is 0.485 e. The molecule has 4 nitrogen and oxygen atoms in total. The minimum atomic E-state index is -0.739. The molecule has 2 heterocycles. The molecular weight excluding hydrogens is 290 g/mol. The molecule has 2 aliphatic heterocycles. The molecule has 0 radical (unpaired) electrons. The SMILES string of the molecule is Cc1cc(Cl)cc2c1OC1(CC2)CCN(CCC(=O)O)C1. The lowest BCUT2D eigenvalue weighted by Gasteiger charge is -2.36. The molecule has 0 aliphatic carbocycles. The number of nitrogens with zero attached hydrogens (tertiary/aromatic N) is 1. The van der Waals surface area contributed by atoms with Crippen LogP contribution in [0, 0.1) is 6.92 Å². The van der Waals surface area contributed by atoms with E-state index in [0.29, 0.717) is 6.54 Å². The fourth-order valence-corrected chi connectivity index (χ4v) is 3.72. The molecule has 3 rings (SSSR count). The van der Waals surface area contributed by atoms with Crippen LogP contribution >= 0.6 is 11.6 Å². The first kappa shape index (κ1) is 14.7. The Bertz CT molecular complexity index is 575. The highest BCUT2D eigenvalue weighted by Crippen LogP contribution is 2.41. The molecule has 0 saturated carbocycles. The van der Waals surface area contributed by atoms with Crippen LogP contribution in [-0.2, 0) is 11.2 Å². The van der Waals surface area contributed by atoms with Crippen LogP contribution in [0.15, 0.2) is 12.1 Å². The number of aliphatic carboxylic acids is 1. The number of likely N-dealkylation sites (tertiary alicyclic amines) is 1. The number of aryl methyl sites for hydroxylation is 2. The van der Waals surface area contributed by atoms with Crippen molar-refractivity contribution in [3.8, 4) is 5.75 Å². The number of hydrogen-bond donors (Lipinski definition) is 1.